The molecular weight excluding hydrogens is 374 g/mol. The first-order valence-corrected chi connectivity index (χ1v) is 10.2. The zero-order valence-corrected chi connectivity index (χ0v) is 17.5. The van der Waals surface area contributed by atoms with Crippen molar-refractivity contribution < 1.29 is 14.6 Å². The molecule has 3 aromatic carbocycles. The third-order valence-corrected chi connectivity index (χ3v) is 5.08. The van der Waals surface area contributed by atoms with Gasteiger partial charge in [-0.15, -0.1) is 0 Å². The van der Waals surface area contributed by atoms with Crippen LogP contribution in [0, 0.1) is 13.8 Å². The number of aryl methyl sites for hydroxylation is 2. The zero-order valence-electron chi connectivity index (χ0n) is 17.5. The number of rotatable bonds is 10. The van der Waals surface area contributed by atoms with Crippen molar-refractivity contribution in [1.29, 1.82) is 0 Å². The lowest BCUT2D eigenvalue weighted by Gasteiger charge is -2.29. The predicted molar refractivity (Wildman–Crippen MR) is 120 cm³/mol. The van der Waals surface area contributed by atoms with Gasteiger partial charge in [-0.1, -0.05) is 90.0 Å². The molecule has 0 spiro atoms. The second-order valence-electron chi connectivity index (χ2n) is 7.69. The number of carbonyl (C=O) groups is 1. The smallest absolute Gasteiger partial charge is 0.317 e. The van der Waals surface area contributed by atoms with Crippen LogP contribution in [0.5, 0.6) is 0 Å². The Labute approximate surface area is 178 Å². The summed E-state index contributed by atoms with van der Waals surface area (Å²) in [5.74, 6) is -0.903. The first-order chi connectivity index (χ1) is 14.5. The lowest BCUT2D eigenvalue weighted by molar-refractivity contribution is -0.136. The highest BCUT2D eigenvalue weighted by Gasteiger charge is 2.25. The van der Waals surface area contributed by atoms with Crippen LogP contribution < -0.4 is 5.32 Å². The van der Waals surface area contributed by atoms with Crippen LogP contribution in [-0.4, -0.2) is 30.3 Å². The van der Waals surface area contributed by atoms with Crippen LogP contribution in [0.3, 0.4) is 0 Å². The van der Waals surface area contributed by atoms with Crippen molar-refractivity contribution in [2.75, 3.05) is 13.2 Å². The van der Waals surface area contributed by atoms with Crippen LogP contribution in [0.2, 0.25) is 0 Å². The van der Waals surface area contributed by atoms with Crippen molar-refractivity contribution in [3.8, 4) is 0 Å². The van der Waals surface area contributed by atoms with Gasteiger partial charge in [-0.2, -0.15) is 0 Å². The van der Waals surface area contributed by atoms with E-state index in [-0.39, 0.29) is 18.5 Å². The van der Waals surface area contributed by atoms with E-state index in [1.165, 1.54) is 11.1 Å². The van der Waals surface area contributed by atoms with Crippen molar-refractivity contribution >= 4 is 5.97 Å². The Balaban J connectivity index is 1.82. The van der Waals surface area contributed by atoms with Crippen LogP contribution in [0.25, 0.3) is 0 Å². The fraction of sp³-hybridized carbons (Fsp3) is 0.269. The number of carboxylic acids is 1. The first kappa shape index (κ1) is 21.8. The van der Waals surface area contributed by atoms with Gasteiger partial charge < -0.3 is 15.2 Å². The average Bonchev–Trinajstić information content (AvgIpc) is 2.72. The monoisotopic (exact) mass is 403 g/mol. The van der Waals surface area contributed by atoms with Gasteiger partial charge >= 0.3 is 5.97 Å². The lowest BCUT2D eigenvalue weighted by atomic mass is 9.85. The van der Waals surface area contributed by atoms with Crippen molar-refractivity contribution in [3.63, 3.8) is 0 Å². The molecule has 4 heteroatoms. The van der Waals surface area contributed by atoms with Crippen LogP contribution in [0.15, 0.2) is 78.9 Å². The molecular formula is C26H29NO3. The molecule has 1 atom stereocenters. The van der Waals surface area contributed by atoms with E-state index in [1.807, 2.05) is 36.4 Å². The minimum atomic E-state index is -0.880. The van der Waals surface area contributed by atoms with Gasteiger partial charge in [-0.05, 0) is 30.5 Å². The molecule has 0 aliphatic carbocycles. The fourth-order valence-electron chi connectivity index (χ4n) is 3.93. The van der Waals surface area contributed by atoms with E-state index in [2.05, 4.69) is 61.6 Å². The molecule has 0 radical (unpaired) electrons. The van der Waals surface area contributed by atoms with Crippen molar-refractivity contribution in [1.82, 2.24) is 5.32 Å². The number of hydrogen-bond donors (Lipinski definition) is 2. The van der Waals surface area contributed by atoms with Crippen molar-refractivity contribution in [2.24, 2.45) is 0 Å². The molecule has 2 N–H and O–H groups in total. The standard InChI is InChI=1S/C26H29NO3/c1-19-13-20(2)15-21(14-19)17-30-18-24(27-16-25(28)29)26(22-9-5-3-6-10-22)23-11-7-4-8-12-23/h3-15,24,26-27H,16-18H2,1-2H3,(H,28,29). The molecule has 0 saturated carbocycles. The van der Waals surface area contributed by atoms with Gasteiger partial charge in [-0.25, -0.2) is 0 Å². The molecule has 0 aromatic heterocycles. The highest BCUT2D eigenvalue weighted by atomic mass is 16.5. The molecule has 0 saturated heterocycles. The second-order valence-corrected chi connectivity index (χ2v) is 7.69. The summed E-state index contributed by atoms with van der Waals surface area (Å²) >= 11 is 0. The first-order valence-electron chi connectivity index (χ1n) is 10.2. The van der Waals surface area contributed by atoms with Gasteiger partial charge in [0.15, 0.2) is 0 Å². The van der Waals surface area contributed by atoms with Gasteiger partial charge in [0, 0.05) is 12.0 Å². The zero-order chi connectivity index (χ0) is 21.3. The maximum Gasteiger partial charge on any atom is 0.317 e. The highest BCUT2D eigenvalue weighted by Crippen LogP contribution is 2.28. The SMILES string of the molecule is Cc1cc(C)cc(COCC(NCC(=O)O)C(c2ccccc2)c2ccccc2)c1. The summed E-state index contributed by atoms with van der Waals surface area (Å²) in [5, 5.41) is 12.4. The quantitative estimate of drug-likeness (QED) is 0.515. The van der Waals surface area contributed by atoms with E-state index in [0.717, 1.165) is 16.7 Å². The molecule has 0 aliphatic heterocycles. The molecule has 1 unspecified atom stereocenters. The number of carboxylic acid groups (broad SMARTS) is 1. The molecule has 30 heavy (non-hydrogen) atoms. The Bertz CT molecular complexity index is 881. The normalized spacial score (nSPS) is 12.1. The molecule has 156 valence electrons. The lowest BCUT2D eigenvalue weighted by Crippen LogP contribution is -2.42. The molecule has 4 nitrogen and oxygen atoms in total. The Morgan fingerprint density at radius 3 is 1.93 bits per heavy atom. The van der Waals surface area contributed by atoms with E-state index in [4.69, 9.17) is 4.74 Å². The summed E-state index contributed by atoms with van der Waals surface area (Å²) in [6, 6.07) is 26.5. The van der Waals surface area contributed by atoms with Crippen LogP contribution in [0.4, 0.5) is 0 Å². The highest BCUT2D eigenvalue weighted by molar-refractivity contribution is 5.69. The Morgan fingerprint density at radius 2 is 1.43 bits per heavy atom. The summed E-state index contributed by atoms with van der Waals surface area (Å²) < 4.78 is 6.09. The van der Waals surface area contributed by atoms with Gasteiger partial charge in [0.2, 0.25) is 0 Å². The van der Waals surface area contributed by atoms with Crippen molar-refractivity contribution in [2.45, 2.75) is 32.4 Å². The molecule has 0 amide bonds. The molecule has 0 aliphatic rings. The number of benzene rings is 3. The molecule has 0 heterocycles. The Kier molecular flexibility index (Phi) is 7.77. The van der Waals surface area contributed by atoms with E-state index in [9.17, 15) is 9.90 Å². The minimum Gasteiger partial charge on any atom is -0.480 e. The largest absolute Gasteiger partial charge is 0.480 e. The summed E-state index contributed by atoms with van der Waals surface area (Å²) in [6.07, 6.45) is 0. The summed E-state index contributed by atoms with van der Waals surface area (Å²) in [4.78, 5) is 11.3. The van der Waals surface area contributed by atoms with Gasteiger partial charge in [0.1, 0.15) is 0 Å². The van der Waals surface area contributed by atoms with Crippen LogP contribution in [0.1, 0.15) is 33.7 Å². The van der Waals surface area contributed by atoms with Crippen LogP contribution in [-0.2, 0) is 16.1 Å². The van der Waals surface area contributed by atoms with E-state index >= 15 is 0 Å². The summed E-state index contributed by atoms with van der Waals surface area (Å²) in [6.45, 7) is 4.93. The van der Waals surface area contributed by atoms with Crippen molar-refractivity contribution in [3.05, 3.63) is 107 Å². The van der Waals surface area contributed by atoms with E-state index in [0.29, 0.717) is 13.2 Å². The fourth-order valence-corrected chi connectivity index (χ4v) is 3.93. The van der Waals surface area contributed by atoms with Gasteiger partial charge in [0.25, 0.3) is 0 Å². The second kappa shape index (κ2) is 10.7. The topological polar surface area (TPSA) is 58.6 Å². The molecule has 3 aromatic rings. The third-order valence-electron chi connectivity index (χ3n) is 5.08. The molecule has 3 rings (SSSR count). The number of ether oxygens (including phenoxy) is 1. The maximum atomic E-state index is 11.3. The number of nitrogens with one attached hydrogen (secondary N) is 1. The Morgan fingerprint density at radius 1 is 0.900 bits per heavy atom. The third kappa shape index (κ3) is 6.28. The number of hydrogen-bond acceptors (Lipinski definition) is 3. The van der Waals surface area contributed by atoms with E-state index < -0.39 is 5.97 Å². The maximum absolute atomic E-state index is 11.3. The van der Waals surface area contributed by atoms with Gasteiger partial charge in [0.05, 0.1) is 19.8 Å². The predicted octanol–water partition coefficient (Wildman–Crippen LogP) is 4.69. The summed E-state index contributed by atoms with van der Waals surface area (Å²) in [7, 11) is 0. The van der Waals surface area contributed by atoms with Crippen LogP contribution >= 0.6 is 0 Å². The Hall–Kier alpha value is -2.95. The molecule has 0 bridgehead atoms. The number of aliphatic carboxylic acids is 1. The van der Waals surface area contributed by atoms with Gasteiger partial charge in [-0.3, -0.25) is 4.79 Å². The summed E-state index contributed by atoms with van der Waals surface area (Å²) in [5.41, 5.74) is 5.80. The minimum absolute atomic E-state index is 0.0222. The average molecular weight is 404 g/mol. The molecule has 0 fully saturated rings. The van der Waals surface area contributed by atoms with E-state index in [1.54, 1.807) is 0 Å².